The lowest BCUT2D eigenvalue weighted by Gasteiger charge is -2.17. The fourth-order valence-electron chi connectivity index (χ4n) is 1.43. The molecule has 0 radical (unpaired) electrons. The second-order valence-electron chi connectivity index (χ2n) is 5.28. The molecular weight excluding hydrogens is 200 g/mol. The van der Waals surface area contributed by atoms with Crippen LogP contribution in [0.25, 0.3) is 0 Å². The summed E-state index contributed by atoms with van der Waals surface area (Å²) in [6.07, 6.45) is 0.540. The SMILES string of the molecule is Cc1cccc(CNC(=O)CC(C)(C)C)n1. The Balaban J connectivity index is 2.43. The van der Waals surface area contributed by atoms with Gasteiger partial charge in [0.15, 0.2) is 0 Å². The molecule has 1 rings (SSSR count). The third kappa shape index (κ3) is 4.91. The number of hydrogen-bond acceptors (Lipinski definition) is 2. The molecule has 1 N–H and O–H groups in total. The van der Waals surface area contributed by atoms with Gasteiger partial charge in [-0.3, -0.25) is 9.78 Å². The van der Waals surface area contributed by atoms with Gasteiger partial charge in [0, 0.05) is 12.1 Å². The molecule has 1 aromatic heterocycles. The molecule has 1 heterocycles. The summed E-state index contributed by atoms with van der Waals surface area (Å²) in [7, 11) is 0. The highest BCUT2D eigenvalue weighted by Crippen LogP contribution is 2.17. The Morgan fingerprint density at radius 1 is 1.38 bits per heavy atom. The molecule has 0 atom stereocenters. The first-order valence-electron chi connectivity index (χ1n) is 5.56. The Bertz CT molecular complexity index is 366. The first kappa shape index (κ1) is 12.7. The topological polar surface area (TPSA) is 42.0 Å². The van der Waals surface area contributed by atoms with Crippen LogP contribution in [0.15, 0.2) is 18.2 Å². The monoisotopic (exact) mass is 220 g/mol. The molecule has 0 fully saturated rings. The van der Waals surface area contributed by atoms with Crippen LogP contribution in [-0.2, 0) is 11.3 Å². The molecule has 0 bridgehead atoms. The predicted octanol–water partition coefficient (Wildman–Crippen LogP) is 2.44. The maximum absolute atomic E-state index is 11.6. The van der Waals surface area contributed by atoms with E-state index in [1.807, 2.05) is 25.1 Å². The summed E-state index contributed by atoms with van der Waals surface area (Å²) in [5, 5.41) is 2.88. The van der Waals surface area contributed by atoms with Crippen molar-refractivity contribution in [2.75, 3.05) is 0 Å². The van der Waals surface area contributed by atoms with E-state index in [0.29, 0.717) is 13.0 Å². The Hall–Kier alpha value is -1.38. The van der Waals surface area contributed by atoms with Crippen molar-refractivity contribution >= 4 is 5.91 Å². The van der Waals surface area contributed by atoms with E-state index in [1.165, 1.54) is 0 Å². The van der Waals surface area contributed by atoms with Crippen LogP contribution in [-0.4, -0.2) is 10.9 Å². The third-order valence-corrected chi connectivity index (χ3v) is 2.10. The average Bonchev–Trinajstić information content (AvgIpc) is 2.12. The van der Waals surface area contributed by atoms with Crippen LogP contribution in [0.5, 0.6) is 0 Å². The maximum Gasteiger partial charge on any atom is 0.220 e. The van der Waals surface area contributed by atoms with Crippen LogP contribution in [0, 0.1) is 12.3 Å². The Morgan fingerprint density at radius 3 is 2.62 bits per heavy atom. The molecule has 0 aliphatic rings. The molecule has 0 saturated carbocycles. The third-order valence-electron chi connectivity index (χ3n) is 2.10. The summed E-state index contributed by atoms with van der Waals surface area (Å²) in [6, 6.07) is 5.82. The number of carbonyl (C=O) groups excluding carboxylic acids is 1. The molecule has 0 aliphatic heterocycles. The molecule has 0 aliphatic carbocycles. The summed E-state index contributed by atoms with van der Waals surface area (Å²) >= 11 is 0. The van der Waals surface area contributed by atoms with Crippen molar-refractivity contribution < 1.29 is 4.79 Å². The van der Waals surface area contributed by atoms with Gasteiger partial charge in [0.2, 0.25) is 5.91 Å². The molecule has 88 valence electrons. The van der Waals surface area contributed by atoms with Crippen molar-refractivity contribution in [1.29, 1.82) is 0 Å². The van der Waals surface area contributed by atoms with E-state index in [1.54, 1.807) is 0 Å². The van der Waals surface area contributed by atoms with Gasteiger partial charge in [-0.15, -0.1) is 0 Å². The lowest BCUT2D eigenvalue weighted by atomic mass is 9.92. The van der Waals surface area contributed by atoms with Crippen LogP contribution < -0.4 is 5.32 Å². The van der Waals surface area contributed by atoms with E-state index in [9.17, 15) is 4.79 Å². The molecule has 3 nitrogen and oxygen atoms in total. The first-order valence-corrected chi connectivity index (χ1v) is 5.56. The van der Waals surface area contributed by atoms with Gasteiger partial charge in [0.05, 0.1) is 12.2 Å². The minimum Gasteiger partial charge on any atom is -0.350 e. The molecule has 16 heavy (non-hydrogen) atoms. The van der Waals surface area contributed by atoms with E-state index in [-0.39, 0.29) is 11.3 Å². The molecule has 0 aromatic carbocycles. The smallest absolute Gasteiger partial charge is 0.220 e. The zero-order valence-corrected chi connectivity index (χ0v) is 10.5. The van der Waals surface area contributed by atoms with Crippen LogP contribution in [0.2, 0.25) is 0 Å². The number of pyridine rings is 1. The van der Waals surface area contributed by atoms with Crippen LogP contribution in [0.1, 0.15) is 38.6 Å². The fourth-order valence-corrected chi connectivity index (χ4v) is 1.43. The molecule has 1 aromatic rings. The van der Waals surface area contributed by atoms with Crippen molar-refractivity contribution in [3.05, 3.63) is 29.6 Å². The predicted molar refractivity (Wildman–Crippen MR) is 64.9 cm³/mol. The van der Waals surface area contributed by atoms with Crippen molar-refractivity contribution in [2.45, 2.75) is 40.7 Å². The van der Waals surface area contributed by atoms with Gasteiger partial charge in [0.1, 0.15) is 0 Å². The van der Waals surface area contributed by atoms with Gasteiger partial charge in [-0.05, 0) is 24.5 Å². The summed E-state index contributed by atoms with van der Waals surface area (Å²) in [5.74, 6) is 0.0795. The van der Waals surface area contributed by atoms with Crippen molar-refractivity contribution in [2.24, 2.45) is 5.41 Å². The van der Waals surface area contributed by atoms with Gasteiger partial charge in [0.25, 0.3) is 0 Å². The van der Waals surface area contributed by atoms with Crippen molar-refractivity contribution in [3.8, 4) is 0 Å². The highest BCUT2D eigenvalue weighted by molar-refractivity contribution is 5.76. The summed E-state index contributed by atoms with van der Waals surface area (Å²) in [4.78, 5) is 15.9. The Labute approximate surface area is 97.3 Å². The van der Waals surface area contributed by atoms with Crippen LogP contribution >= 0.6 is 0 Å². The number of rotatable bonds is 3. The molecule has 0 saturated heterocycles. The van der Waals surface area contributed by atoms with Gasteiger partial charge in [-0.1, -0.05) is 26.8 Å². The maximum atomic E-state index is 11.6. The summed E-state index contributed by atoms with van der Waals surface area (Å²) in [6.45, 7) is 8.61. The normalized spacial score (nSPS) is 11.2. The zero-order valence-electron chi connectivity index (χ0n) is 10.5. The summed E-state index contributed by atoms with van der Waals surface area (Å²) in [5.41, 5.74) is 1.91. The molecule has 1 amide bonds. The second-order valence-corrected chi connectivity index (χ2v) is 5.28. The Kier molecular flexibility index (Phi) is 4.05. The summed E-state index contributed by atoms with van der Waals surface area (Å²) < 4.78 is 0. The standard InChI is InChI=1S/C13H20N2O/c1-10-6-5-7-11(15-10)9-14-12(16)8-13(2,3)4/h5-7H,8-9H2,1-4H3,(H,14,16). The van der Waals surface area contributed by atoms with Gasteiger partial charge < -0.3 is 5.32 Å². The van der Waals surface area contributed by atoms with Crippen molar-refractivity contribution in [1.82, 2.24) is 10.3 Å². The lowest BCUT2D eigenvalue weighted by molar-refractivity contribution is -0.122. The number of nitrogens with zero attached hydrogens (tertiary/aromatic N) is 1. The lowest BCUT2D eigenvalue weighted by Crippen LogP contribution is -2.27. The van der Waals surface area contributed by atoms with E-state index in [2.05, 4.69) is 31.1 Å². The molecule has 0 unspecified atom stereocenters. The van der Waals surface area contributed by atoms with Crippen LogP contribution in [0.4, 0.5) is 0 Å². The number of aromatic nitrogens is 1. The largest absolute Gasteiger partial charge is 0.350 e. The fraction of sp³-hybridized carbons (Fsp3) is 0.538. The highest BCUT2D eigenvalue weighted by atomic mass is 16.1. The minimum atomic E-state index is 0.0319. The molecule has 3 heteroatoms. The van der Waals surface area contributed by atoms with Gasteiger partial charge in [-0.2, -0.15) is 0 Å². The van der Waals surface area contributed by atoms with Gasteiger partial charge in [-0.25, -0.2) is 0 Å². The molecule has 0 spiro atoms. The zero-order chi connectivity index (χ0) is 12.2. The van der Waals surface area contributed by atoms with E-state index in [0.717, 1.165) is 11.4 Å². The van der Waals surface area contributed by atoms with Gasteiger partial charge >= 0.3 is 0 Å². The van der Waals surface area contributed by atoms with E-state index < -0.39 is 0 Å². The highest BCUT2D eigenvalue weighted by Gasteiger charge is 2.15. The number of carbonyl (C=O) groups is 1. The second kappa shape index (κ2) is 5.10. The number of hydrogen-bond donors (Lipinski definition) is 1. The van der Waals surface area contributed by atoms with Crippen LogP contribution in [0.3, 0.4) is 0 Å². The first-order chi connectivity index (χ1) is 7.37. The Morgan fingerprint density at radius 2 is 2.06 bits per heavy atom. The van der Waals surface area contributed by atoms with Crippen molar-refractivity contribution in [3.63, 3.8) is 0 Å². The number of amides is 1. The van der Waals surface area contributed by atoms with E-state index >= 15 is 0 Å². The average molecular weight is 220 g/mol. The number of nitrogens with one attached hydrogen (secondary N) is 1. The van der Waals surface area contributed by atoms with E-state index in [4.69, 9.17) is 0 Å². The molecular formula is C13H20N2O. The quantitative estimate of drug-likeness (QED) is 0.850. The number of aryl methyl sites for hydroxylation is 1. The minimum absolute atomic E-state index is 0.0319.